The summed E-state index contributed by atoms with van der Waals surface area (Å²) in [7, 11) is 3.92. The molecule has 0 radical (unpaired) electrons. The molecule has 148 valence electrons. The smallest absolute Gasteiger partial charge is 0.281 e. The summed E-state index contributed by atoms with van der Waals surface area (Å²) >= 11 is 3.53. The van der Waals surface area contributed by atoms with Gasteiger partial charge >= 0.3 is 0 Å². The second kappa shape index (κ2) is 9.03. The first-order valence-corrected chi connectivity index (χ1v) is 9.86. The Labute approximate surface area is 178 Å². The van der Waals surface area contributed by atoms with Crippen LogP contribution in [0.5, 0.6) is 0 Å². The van der Waals surface area contributed by atoms with Crippen LogP contribution in [0.1, 0.15) is 16.7 Å². The number of benzene rings is 3. The lowest BCUT2D eigenvalue weighted by Gasteiger charge is -2.27. The van der Waals surface area contributed by atoms with E-state index in [-0.39, 0.29) is 0 Å². The van der Waals surface area contributed by atoms with E-state index in [2.05, 4.69) is 26.5 Å². The highest BCUT2D eigenvalue weighted by molar-refractivity contribution is 9.10. The molecule has 0 aliphatic rings. The normalized spacial score (nSPS) is 11.4. The quantitative estimate of drug-likeness (QED) is 0.441. The molecule has 6 heteroatoms. The Hall–Kier alpha value is -2.96. The summed E-state index contributed by atoms with van der Waals surface area (Å²) in [5.41, 5.74) is 3.41. The molecule has 0 saturated heterocycles. The number of aliphatic hydroxyl groups is 1. The first-order chi connectivity index (χ1) is 13.9. The van der Waals surface area contributed by atoms with Crippen LogP contribution >= 0.6 is 15.9 Å². The van der Waals surface area contributed by atoms with E-state index in [1.54, 1.807) is 54.7 Å². The van der Waals surface area contributed by atoms with Gasteiger partial charge in [0.1, 0.15) is 0 Å². The number of nitrogens with zero attached hydrogens (tertiary/aromatic N) is 2. The van der Waals surface area contributed by atoms with E-state index in [1.165, 1.54) is 0 Å². The SMILES string of the molecule is CN(C)c1ccc(/C=N/NC(=O)C(O)(c2ccccc2)c2ccccc2)cc1Br. The highest BCUT2D eigenvalue weighted by Crippen LogP contribution is 2.30. The molecule has 0 saturated carbocycles. The van der Waals surface area contributed by atoms with Crippen LogP contribution in [0.4, 0.5) is 5.69 Å². The van der Waals surface area contributed by atoms with Gasteiger partial charge in [-0.2, -0.15) is 5.10 Å². The molecule has 0 spiro atoms. The summed E-state index contributed by atoms with van der Waals surface area (Å²) in [6.07, 6.45) is 1.54. The Bertz CT molecular complexity index is 966. The number of hydrogen-bond donors (Lipinski definition) is 2. The number of carbonyl (C=O) groups is 1. The van der Waals surface area contributed by atoms with Gasteiger partial charge in [-0.3, -0.25) is 4.79 Å². The minimum Gasteiger partial charge on any atom is -0.377 e. The van der Waals surface area contributed by atoms with Gasteiger partial charge in [-0.05, 0) is 44.8 Å². The minimum absolute atomic E-state index is 0.469. The maximum atomic E-state index is 13.0. The van der Waals surface area contributed by atoms with Gasteiger partial charge in [-0.1, -0.05) is 66.7 Å². The van der Waals surface area contributed by atoms with Gasteiger partial charge in [-0.15, -0.1) is 0 Å². The van der Waals surface area contributed by atoms with Gasteiger partial charge in [0.05, 0.1) is 11.9 Å². The van der Waals surface area contributed by atoms with Crippen molar-refractivity contribution < 1.29 is 9.90 Å². The van der Waals surface area contributed by atoms with Crippen molar-refractivity contribution in [2.75, 3.05) is 19.0 Å². The number of carbonyl (C=O) groups excluding carboxylic acids is 1. The number of halogens is 1. The number of rotatable bonds is 6. The van der Waals surface area contributed by atoms with Crippen molar-refractivity contribution in [2.24, 2.45) is 5.10 Å². The Morgan fingerprint density at radius 3 is 2.03 bits per heavy atom. The van der Waals surface area contributed by atoms with E-state index >= 15 is 0 Å². The largest absolute Gasteiger partial charge is 0.377 e. The zero-order chi connectivity index (χ0) is 20.9. The van der Waals surface area contributed by atoms with Crippen molar-refractivity contribution >= 4 is 33.7 Å². The molecule has 1 amide bonds. The Kier molecular flexibility index (Phi) is 6.46. The topological polar surface area (TPSA) is 64.9 Å². The standard InChI is InChI=1S/C23H22BrN3O2/c1-27(2)21-14-13-17(15-20(21)24)16-25-26-22(28)23(29,18-9-5-3-6-10-18)19-11-7-4-8-12-19/h3-16,29H,1-2H3,(H,26,28)/b25-16+. The lowest BCUT2D eigenvalue weighted by atomic mass is 9.85. The third-order valence-electron chi connectivity index (χ3n) is 4.54. The predicted molar refractivity (Wildman–Crippen MR) is 120 cm³/mol. The molecule has 0 bridgehead atoms. The molecule has 0 atom stereocenters. The fourth-order valence-electron chi connectivity index (χ4n) is 3.00. The van der Waals surface area contributed by atoms with Crippen molar-refractivity contribution in [3.8, 4) is 0 Å². The van der Waals surface area contributed by atoms with Crippen LogP contribution in [0.15, 0.2) is 88.4 Å². The Balaban J connectivity index is 1.85. The third kappa shape index (κ3) is 4.55. The summed E-state index contributed by atoms with van der Waals surface area (Å²) in [6, 6.07) is 23.4. The molecule has 0 heterocycles. The van der Waals surface area contributed by atoms with Crippen LogP contribution in [0.2, 0.25) is 0 Å². The second-order valence-electron chi connectivity index (χ2n) is 6.75. The monoisotopic (exact) mass is 451 g/mol. The van der Waals surface area contributed by atoms with Gasteiger partial charge in [0.25, 0.3) is 5.91 Å². The van der Waals surface area contributed by atoms with Crippen LogP contribution < -0.4 is 10.3 Å². The van der Waals surface area contributed by atoms with Crippen molar-refractivity contribution in [2.45, 2.75) is 5.60 Å². The molecule has 3 rings (SSSR count). The Morgan fingerprint density at radius 2 is 1.55 bits per heavy atom. The summed E-state index contributed by atoms with van der Waals surface area (Å²) in [5, 5.41) is 15.4. The summed E-state index contributed by atoms with van der Waals surface area (Å²) in [5.74, 6) is -0.630. The number of hydrogen-bond acceptors (Lipinski definition) is 4. The van der Waals surface area contributed by atoms with Crippen LogP contribution in [0.25, 0.3) is 0 Å². The lowest BCUT2D eigenvalue weighted by molar-refractivity contribution is -0.136. The molecular formula is C23H22BrN3O2. The summed E-state index contributed by atoms with van der Waals surface area (Å²) < 4.78 is 0.919. The van der Waals surface area contributed by atoms with Gasteiger partial charge in [0.15, 0.2) is 5.60 Å². The average Bonchev–Trinajstić information content (AvgIpc) is 2.74. The minimum atomic E-state index is -1.85. The highest BCUT2D eigenvalue weighted by atomic mass is 79.9. The molecule has 0 fully saturated rings. The van der Waals surface area contributed by atoms with Gasteiger partial charge in [-0.25, -0.2) is 5.43 Å². The first kappa shape index (κ1) is 20.8. The van der Waals surface area contributed by atoms with E-state index in [1.807, 2.05) is 49.3 Å². The highest BCUT2D eigenvalue weighted by Gasteiger charge is 2.39. The molecule has 0 aliphatic carbocycles. The van der Waals surface area contributed by atoms with Crippen molar-refractivity contribution in [3.05, 3.63) is 100 Å². The van der Waals surface area contributed by atoms with E-state index in [9.17, 15) is 9.90 Å². The van der Waals surface area contributed by atoms with Gasteiger partial charge in [0, 0.05) is 18.6 Å². The summed E-state index contributed by atoms with van der Waals surface area (Å²) in [4.78, 5) is 15.0. The number of nitrogens with one attached hydrogen (secondary N) is 1. The zero-order valence-corrected chi connectivity index (χ0v) is 17.8. The van der Waals surface area contributed by atoms with Gasteiger partial charge < -0.3 is 10.0 Å². The van der Waals surface area contributed by atoms with Gasteiger partial charge in [0.2, 0.25) is 0 Å². The lowest BCUT2D eigenvalue weighted by Crippen LogP contribution is -2.43. The molecule has 29 heavy (non-hydrogen) atoms. The van der Waals surface area contributed by atoms with E-state index in [0.717, 1.165) is 15.7 Å². The molecular weight excluding hydrogens is 430 g/mol. The second-order valence-corrected chi connectivity index (χ2v) is 7.60. The first-order valence-electron chi connectivity index (χ1n) is 9.06. The molecule has 3 aromatic rings. The average molecular weight is 452 g/mol. The van der Waals surface area contributed by atoms with Crippen LogP contribution in [0, 0.1) is 0 Å². The summed E-state index contributed by atoms with van der Waals surface area (Å²) in [6.45, 7) is 0. The molecule has 5 nitrogen and oxygen atoms in total. The van der Waals surface area contributed by atoms with Crippen molar-refractivity contribution in [1.29, 1.82) is 0 Å². The fourth-order valence-corrected chi connectivity index (χ4v) is 3.75. The maximum Gasteiger partial charge on any atom is 0.281 e. The maximum absolute atomic E-state index is 13.0. The molecule has 0 aliphatic heterocycles. The van der Waals surface area contributed by atoms with Crippen LogP contribution in [0.3, 0.4) is 0 Å². The third-order valence-corrected chi connectivity index (χ3v) is 5.18. The molecule has 0 aromatic heterocycles. The number of anilines is 1. The molecule has 3 aromatic carbocycles. The van der Waals surface area contributed by atoms with Crippen molar-refractivity contribution in [3.63, 3.8) is 0 Å². The van der Waals surface area contributed by atoms with Crippen molar-refractivity contribution in [1.82, 2.24) is 5.43 Å². The molecule has 2 N–H and O–H groups in total. The van der Waals surface area contributed by atoms with Crippen LogP contribution in [-0.4, -0.2) is 31.3 Å². The molecule has 0 unspecified atom stereocenters. The van der Waals surface area contributed by atoms with E-state index < -0.39 is 11.5 Å². The predicted octanol–water partition coefficient (Wildman–Crippen LogP) is 3.90. The van der Waals surface area contributed by atoms with E-state index in [4.69, 9.17) is 0 Å². The Morgan fingerprint density at radius 1 is 1.00 bits per heavy atom. The number of amides is 1. The van der Waals surface area contributed by atoms with E-state index in [0.29, 0.717) is 11.1 Å². The zero-order valence-electron chi connectivity index (χ0n) is 16.2. The number of hydrazone groups is 1. The fraction of sp³-hybridized carbons (Fsp3) is 0.130. The van der Waals surface area contributed by atoms with Crippen LogP contribution in [-0.2, 0) is 10.4 Å².